The molecule has 2 heterocycles. The summed E-state index contributed by atoms with van der Waals surface area (Å²) in [6.07, 6.45) is 3.23. The lowest BCUT2D eigenvalue weighted by atomic mass is 10.2. The molecule has 2 fully saturated rings. The Morgan fingerprint density at radius 2 is 2.09 bits per heavy atom. The Morgan fingerprint density at radius 3 is 2.73 bits per heavy atom. The third-order valence-electron chi connectivity index (χ3n) is 4.49. The predicted molar refractivity (Wildman–Crippen MR) is 89.6 cm³/mol. The van der Waals surface area contributed by atoms with Crippen molar-refractivity contribution in [2.45, 2.75) is 32.2 Å². The van der Waals surface area contributed by atoms with E-state index >= 15 is 0 Å². The lowest BCUT2D eigenvalue weighted by molar-refractivity contribution is 0.267. The van der Waals surface area contributed by atoms with Gasteiger partial charge in [0.15, 0.2) is 5.96 Å². The molecule has 0 saturated carbocycles. The van der Waals surface area contributed by atoms with Crippen molar-refractivity contribution in [1.29, 1.82) is 0 Å². The molecule has 2 N–H and O–H groups in total. The van der Waals surface area contributed by atoms with Gasteiger partial charge in [0.05, 0.1) is 5.75 Å². The number of hydrogen-bond donors (Lipinski definition) is 2. The van der Waals surface area contributed by atoms with Crippen LogP contribution in [0.25, 0.3) is 0 Å². The molecule has 1 atom stereocenters. The maximum Gasteiger partial charge on any atom is 0.214 e. The fraction of sp³-hybridized carbons (Fsp3) is 0.929. The summed E-state index contributed by atoms with van der Waals surface area (Å²) in [5.41, 5.74) is 0. The van der Waals surface area contributed by atoms with Gasteiger partial charge in [-0.1, -0.05) is 6.92 Å². The second-order valence-corrected chi connectivity index (χ2v) is 7.96. The highest BCUT2D eigenvalue weighted by Crippen LogP contribution is 2.15. The van der Waals surface area contributed by atoms with Gasteiger partial charge in [0.2, 0.25) is 10.0 Å². The summed E-state index contributed by atoms with van der Waals surface area (Å²) in [5, 5.41) is 6.56. The van der Waals surface area contributed by atoms with Crippen LogP contribution in [0.5, 0.6) is 0 Å². The van der Waals surface area contributed by atoms with Crippen molar-refractivity contribution in [2.75, 3.05) is 52.1 Å². The summed E-state index contributed by atoms with van der Waals surface area (Å²) in [5.74, 6) is 1.04. The molecular weight excluding hydrogens is 302 g/mol. The third-order valence-corrected chi connectivity index (χ3v) is 6.45. The van der Waals surface area contributed by atoms with Gasteiger partial charge >= 0.3 is 0 Å². The zero-order valence-electron chi connectivity index (χ0n) is 13.7. The van der Waals surface area contributed by atoms with Gasteiger partial charge < -0.3 is 10.6 Å². The first-order chi connectivity index (χ1) is 10.6. The van der Waals surface area contributed by atoms with Crippen molar-refractivity contribution in [1.82, 2.24) is 19.8 Å². The lowest BCUT2D eigenvalue weighted by Crippen LogP contribution is -2.46. The summed E-state index contributed by atoms with van der Waals surface area (Å²) >= 11 is 0. The highest BCUT2D eigenvalue weighted by atomic mass is 32.2. The van der Waals surface area contributed by atoms with Crippen molar-refractivity contribution in [3.8, 4) is 0 Å². The second-order valence-electron chi connectivity index (χ2n) is 5.87. The molecule has 2 aliphatic rings. The number of rotatable bonds is 6. The number of guanidine groups is 1. The van der Waals surface area contributed by atoms with Crippen LogP contribution < -0.4 is 10.6 Å². The number of sulfonamides is 1. The highest BCUT2D eigenvalue weighted by molar-refractivity contribution is 7.89. The maximum atomic E-state index is 11.7. The zero-order chi connectivity index (χ0) is 16.0. The minimum absolute atomic E-state index is 0.286. The smallest absolute Gasteiger partial charge is 0.214 e. The summed E-state index contributed by atoms with van der Waals surface area (Å²) < 4.78 is 25.0. The van der Waals surface area contributed by atoms with E-state index < -0.39 is 10.0 Å². The van der Waals surface area contributed by atoms with Gasteiger partial charge in [0.25, 0.3) is 0 Å². The minimum atomic E-state index is -3.00. The number of likely N-dealkylation sites (N-methyl/N-ethyl adjacent to an activating group) is 1. The predicted octanol–water partition coefficient (Wildman–Crippen LogP) is -0.329. The van der Waals surface area contributed by atoms with Gasteiger partial charge in [-0.3, -0.25) is 9.89 Å². The van der Waals surface area contributed by atoms with Crippen LogP contribution in [0.15, 0.2) is 4.99 Å². The summed E-state index contributed by atoms with van der Waals surface area (Å²) in [6, 6.07) is 0.572. The Bertz CT molecular complexity index is 480. The number of hydrogen-bond acceptors (Lipinski definition) is 4. The van der Waals surface area contributed by atoms with Crippen LogP contribution in [0.4, 0.5) is 0 Å². The Kier molecular flexibility index (Phi) is 6.46. The first-order valence-electron chi connectivity index (χ1n) is 8.23. The highest BCUT2D eigenvalue weighted by Gasteiger charge is 2.27. The van der Waals surface area contributed by atoms with E-state index in [1.54, 1.807) is 11.4 Å². The fourth-order valence-corrected chi connectivity index (χ4v) is 4.75. The van der Waals surface area contributed by atoms with Crippen LogP contribution in [-0.4, -0.2) is 81.7 Å². The van der Waals surface area contributed by atoms with E-state index in [9.17, 15) is 8.42 Å². The van der Waals surface area contributed by atoms with Gasteiger partial charge in [0, 0.05) is 39.3 Å². The first kappa shape index (κ1) is 17.5. The van der Waals surface area contributed by atoms with Crippen molar-refractivity contribution in [2.24, 2.45) is 4.99 Å². The molecule has 0 aliphatic carbocycles. The molecule has 0 bridgehead atoms. The molecule has 0 amide bonds. The number of nitrogens with zero attached hydrogens (tertiary/aromatic N) is 3. The Hall–Kier alpha value is -0.860. The molecule has 2 rings (SSSR count). The molecule has 0 aromatic heterocycles. The van der Waals surface area contributed by atoms with Gasteiger partial charge in [-0.25, -0.2) is 12.7 Å². The van der Waals surface area contributed by atoms with Crippen LogP contribution in [-0.2, 0) is 10.0 Å². The quantitative estimate of drug-likeness (QED) is 0.515. The summed E-state index contributed by atoms with van der Waals surface area (Å²) in [4.78, 5) is 6.69. The molecule has 0 aromatic carbocycles. The van der Waals surface area contributed by atoms with E-state index in [0.29, 0.717) is 25.7 Å². The van der Waals surface area contributed by atoms with Crippen LogP contribution in [0.2, 0.25) is 0 Å². The number of likely N-dealkylation sites (tertiary alicyclic amines) is 1. The average Bonchev–Trinajstić information content (AvgIpc) is 3.08. The van der Waals surface area contributed by atoms with Crippen LogP contribution in [0, 0.1) is 0 Å². The van der Waals surface area contributed by atoms with Gasteiger partial charge in [-0.15, -0.1) is 0 Å². The van der Waals surface area contributed by atoms with Crippen molar-refractivity contribution in [3.05, 3.63) is 0 Å². The van der Waals surface area contributed by atoms with Crippen molar-refractivity contribution < 1.29 is 8.42 Å². The molecule has 1 unspecified atom stereocenters. The molecule has 8 heteroatoms. The minimum Gasteiger partial charge on any atom is -0.355 e. The third kappa shape index (κ3) is 4.57. The van der Waals surface area contributed by atoms with E-state index in [0.717, 1.165) is 25.5 Å². The molecular formula is C14H29N5O2S. The van der Waals surface area contributed by atoms with E-state index in [4.69, 9.17) is 0 Å². The van der Waals surface area contributed by atoms with Crippen LogP contribution >= 0.6 is 0 Å². The van der Waals surface area contributed by atoms with Crippen LogP contribution in [0.3, 0.4) is 0 Å². The molecule has 2 aliphatic heterocycles. The Balaban J connectivity index is 1.69. The van der Waals surface area contributed by atoms with E-state index in [2.05, 4.69) is 27.4 Å². The first-order valence-corrected chi connectivity index (χ1v) is 9.84. The summed E-state index contributed by atoms with van der Waals surface area (Å²) in [7, 11) is -1.26. The largest absolute Gasteiger partial charge is 0.355 e. The summed E-state index contributed by atoms with van der Waals surface area (Å²) in [6.45, 7) is 7.09. The van der Waals surface area contributed by atoms with Crippen molar-refractivity contribution in [3.63, 3.8) is 0 Å². The Morgan fingerprint density at radius 1 is 1.27 bits per heavy atom. The molecule has 0 aromatic rings. The molecule has 128 valence electrons. The molecule has 2 saturated heterocycles. The normalized spacial score (nSPS) is 26.5. The molecule has 22 heavy (non-hydrogen) atoms. The van der Waals surface area contributed by atoms with E-state index in [-0.39, 0.29) is 5.75 Å². The molecule has 0 spiro atoms. The van der Waals surface area contributed by atoms with Gasteiger partial charge in [0.1, 0.15) is 0 Å². The molecule has 0 radical (unpaired) electrons. The second kappa shape index (κ2) is 8.12. The van der Waals surface area contributed by atoms with E-state index in [1.165, 1.54) is 19.4 Å². The van der Waals surface area contributed by atoms with E-state index in [1.807, 2.05) is 0 Å². The Labute approximate surface area is 134 Å². The van der Waals surface area contributed by atoms with Crippen molar-refractivity contribution >= 4 is 16.0 Å². The molecule has 7 nitrogen and oxygen atoms in total. The standard InChI is InChI=1S/C14H29N5O2S/c1-3-18-8-4-6-13(18)12-17-14(15-2)16-7-10-19-9-5-11-22(19,20)21/h13H,3-12H2,1-2H3,(H2,15,16,17). The topological polar surface area (TPSA) is 77.0 Å². The average molecular weight is 331 g/mol. The monoisotopic (exact) mass is 331 g/mol. The SMILES string of the molecule is CCN1CCCC1CNC(=NC)NCCN1CCCS1(=O)=O. The van der Waals surface area contributed by atoms with Crippen LogP contribution in [0.1, 0.15) is 26.2 Å². The van der Waals surface area contributed by atoms with Gasteiger partial charge in [-0.2, -0.15) is 0 Å². The fourth-order valence-electron chi connectivity index (χ4n) is 3.22. The van der Waals surface area contributed by atoms with Gasteiger partial charge in [-0.05, 0) is 32.4 Å². The zero-order valence-corrected chi connectivity index (χ0v) is 14.5. The lowest BCUT2D eigenvalue weighted by Gasteiger charge is -2.24. The number of nitrogens with one attached hydrogen (secondary N) is 2. The maximum absolute atomic E-state index is 11.7. The number of aliphatic imine (C=N–C) groups is 1.